The minimum absolute atomic E-state index is 0.00485. The molecule has 3 heterocycles. The topological polar surface area (TPSA) is 95.2 Å². The van der Waals surface area contributed by atoms with Crippen molar-refractivity contribution in [2.45, 2.75) is 25.9 Å². The van der Waals surface area contributed by atoms with Crippen LogP contribution in [0.2, 0.25) is 0 Å². The Morgan fingerprint density at radius 3 is 2.65 bits per heavy atom. The normalized spacial score (nSPS) is 18.9. The minimum Gasteiger partial charge on any atom is -0.479 e. The molecule has 2 aromatic heterocycles. The third-order valence-electron chi connectivity index (χ3n) is 4.47. The molecule has 1 atom stereocenters. The first kappa shape index (κ1) is 16.1. The van der Waals surface area contributed by atoms with E-state index >= 15 is 0 Å². The number of fused-ring (bicyclic) bond motifs is 1. The number of hydrogen-bond acceptors (Lipinski definition) is 7. The monoisotopic (exact) mass is 349 g/mol. The van der Waals surface area contributed by atoms with Gasteiger partial charge in [0.25, 0.3) is 5.89 Å². The molecule has 1 aliphatic rings. The predicted octanol–water partition coefficient (Wildman–Crippen LogP) is 3.11. The van der Waals surface area contributed by atoms with Crippen molar-refractivity contribution >= 4 is 11.6 Å². The van der Waals surface area contributed by atoms with E-state index in [1.54, 1.807) is 49.6 Å². The second-order valence-corrected chi connectivity index (χ2v) is 6.36. The number of benzene rings is 1. The summed E-state index contributed by atoms with van der Waals surface area (Å²) in [7, 11) is 0. The molecule has 0 aliphatic carbocycles. The average molecular weight is 349 g/mol. The number of carbonyl (C=O) groups is 2. The van der Waals surface area contributed by atoms with Crippen LogP contribution in [0.1, 0.15) is 30.6 Å². The second-order valence-electron chi connectivity index (χ2n) is 6.36. The minimum atomic E-state index is -1.12. The van der Waals surface area contributed by atoms with Crippen LogP contribution >= 0.6 is 0 Å². The standard InChI is InChI=1S/C19H15N3O4/c1-11(23)19(2)10-15(24)14-9-13(3-4-16(14)25-19)18-21-17(22-26-18)12-5-7-20-8-6-12/h3-9H,10H2,1-2H3. The zero-order valence-corrected chi connectivity index (χ0v) is 14.2. The van der Waals surface area contributed by atoms with Crippen molar-refractivity contribution < 1.29 is 18.8 Å². The van der Waals surface area contributed by atoms with E-state index in [9.17, 15) is 9.59 Å². The summed E-state index contributed by atoms with van der Waals surface area (Å²) in [5, 5.41) is 3.97. The number of Topliss-reactive ketones (excluding diaryl/α,β-unsaturated/α-hetero) is 2. The number of ether oxygens (including phenoxy) is 1. The zero-order valence-electron chi connectivity index (χ0n) is 14.2. The van der Waals surface area contributed by atoms with Gasteiger partial charge in [0.1, 0.15) is 5.75 Å². The fourth-order valence-electron chi connectivity index (χ4n) is 2.81. The van der Waals surface area contributed by atoms with Gasteiger partial charge in [-0.1, -0.05) is 5.16 Å². The predicted molar refractivity (Wildman–Crippen MR) is 91.6 cm³/mol. The number of carbonyl (C=O) groups excluding carboxylic acids is 2. The number of nitrogens with zero attached hydrogens (tertiary/aromatic N) is 3. The summed E-state index contributed by atoms with van der Waals surface area (Å²) in [6, 6.07) is 8.59. The Morgan fingerprint density at radius 1 is 1.15 bits per heavy atom. The van der Waals surface area contributed by atoms with Crippen molar-refractivity contribution in [3.05, 3.63) is 48.3 Å². The molecular weight excluding hydrogens is 334 g/mol. The van der Waals surface area contributed by atoms with Gasteiger partial charge in [-0.25, -0.2) is 0 Å². The third kappa shape index (κ3) is 2.67. The molecule has 0 saturated heterocycles. The maximum absolute atomic E-state index is 12.5. The number of pyridine rings is 1. The summed E-state index contributed by atoms with van der Waals surface area (Å²) in [5.41, 5.74) is 0.680. The lowest BCUT2D eigenvalue weighted by molar-refractivity contribution is -0.131. The smallest absolute Gasteiger partial charge is 0.258 e. The van der Waals surface area contributed by atoms with Gasteiger partial charge < -0.3 is 9.26 Å². The van der Waals surface area contributed by atoms with Gasteiger partial charge in [-0.3, -0.25) is 14.6 Å². The van der Waals surface area contributed by atoms with Crippen LogP contribution in [0.3, 0.4) is 0 Å². The Bertz CT molecular complexity index is 1010. The van der Waals surface area contributed by atoms with Gasteiger partial charge in [0, 0.05) is 23.5 Å². The first-order valence-electron chi connectivity index (χ1n) is 8.08. The second kappa shape index (κ2) is 5.87. The molecule has 7 nitrogen and oxygen atoms in total. The van der Waals surface area contributed by atoms with Crippen LogP contribution in [0.15, 0.2) is 47.2 Å². The SMILES string of the molecule is CC(=O)C1(C)CC(=O)c2cc(-c3nc(-c4ccncc4)no3)ccc2O1. The Labute approximate surface area is 149 Å². The molecule has 7 heteroatoms. The van der Waals surface area contributed by atoms with Crippen LogP contribution in [-0.4, -0.2) is 32.3 Å². The van der Waals surface area contributed by atoms with E-state index in [-0.39, 0.29) is 18.0 Å². The van der Waals surface area contributed by atoms with E-state index in [1.807, 2.05) is 0 Å². The number of aromatic nitrogens is 3. The molecule has 1 aromatic carbocycles. The van der Waals surface area contributed by atoms with E-state index in [2.05, 4.69) is 15.1 Å². The maximum atomic E-state index is 12.5. The molecule has 0 spiro atoms. The highest BCUT2D eigenvalue weighted by atomic mass is 16.5. The van der Waals surface area contributed by atoms with Crippen molar-refractivity contribution in [1.29, 1.82) is 0 Å². The summed E-state index contributed by atoms with van der Waals surface area (Å²) in [6.07, 6.45) is 3.30. The molecule has 26 heavy (non-hydrogen) atoms. The van der Waals surface area contributed by atoms with E-state index in [1.165, 1.54) is 6.92 Å². The van der Waals surface area contributed by atoms with Crippen molar-refractivity contribution in [3.8, 4) is 28.6 Å². The lowest BCUT2D eigenvalue weighted by atomic mass is 9.88. The van der Waals surface area contributed by atoms with Crippen LogP contribution in [0.4, 0.5) is 0 Å². The molecule has 3 aromatic rings. The van der Waals surface area contributed by atoms with Crippen LogP contribution in [-0.2, 0) is 4.79 Å². The lowest BCUT2D eigenvalue weighted by Gasteiger charge is -2.32. The summed E-state index contributed by atoms with van der Waals surface area (Å²) in [6.45, 7) is 3.05. The molecule has 130 valence electrons. The quantitative estimate of drug-likeness (QED) is 0.717. The van der Waals surface area contributed by atoms with Gasteiger partial charge in [0.2, 0.25) is 5.82 Å². The van der Waals surface area contributed by atoms with Crippen LogP contribution in [0.25, 0.3) is 22.8 Å². The molecule has 1 aliphatic heterocycles. The largest absolute Gasteiger partial charge is 0.479 e. The van der Waals surface area contributed by atoms with Crippen LogP contribution in [0, 0.1) is 0 Å². The van der Waals surface area contributed by atoms with Crippen molar-refractivity contribution in [2.75, 3.05) is 0 Å². The Balaban J connectivity index is 1.69. The van der Waals surface area contributed by atoms with Crippen molar-refractivity contribution in [3.63, 3.8) is 0 Å². The van der Waals surface area contributed by atoms with Crippen LogP contribution < -0.4 is 4.74 Å². The van der Waals surface area contributed by atoms with Gasteiger partial charge in [-0.15, -0.1) is 0 Å². The molecule has 0 bridgehead atoms. The molecule has 0 N–H and O–H groups in total. The van der Waals surface area contributed by atoms with Gasteiger partial charge in [-0.05, 0) is 44.2 Å². The Hall–Kier alpha value is -3.35. The molecular formula is C19H15N3O4. The van der Waals surface area contributed by atoms with Gasteiger partial charge in [0.05, 0.1) is 12.0 Å². The molecule has 0 radical (unpaired) electrons. The Morgan fingerprint density at radius 2 is 1.92 bits per heavy atom. The van der Waals surface area contributed by atoms with Gasteiger partial charge in [-0.2, -0.15) is 4.98 Å². The van der Waals surface area contributed by atoms with E-state index in [4.69, 9.17) is 9.26 Å². The summed E-state index contributed by atoms with van der Waals surface area (Å²) < 4.78 is 11.1. The molecule has 4 rings (SSSR count). The fraction of sp³-hybridized carbons (Fsp3) is 0.211. The molecule has 0 saturated carbocycles. The summed E-state index contributed by atoms with van der Waals surface area (Å²) in [5.74, 6) is 0.787. The van der Waals surface area contributed by atoms with Crippen LogP contribution in [0.5, 0.6) is 5.75 Å². The average Bonchev–Trinajstić information content (AvgIpc) is 3.12. The number of hydrogen-bond donors (Lipinski definition) is 0. The maximum Gasteiger partial charge on any atom is 0.258 e. The van der Waals surface area contributed by atoms with E-state index < -0.39 is 5.60 Å². The fourth-order valence-corrected chi connectivity index (χ4v) is 2.81. The Kier molecular flexibility index (Phi) is 3.64. The lowest BCUT2D eigenvalue weighted by Crippen LogP contribution is -2.45. The number of rotatable bonds is 3. The van der Waals surface area contributed by atoms with Gasteiger partial charge in [0.15, 0.2) is 17.2 Å². The first-order valence-corrected chi connectivity index (χ1v) is 8.08. The summed E-state index contributed by atoms with van der Waals surface area (Å²) in [4.78, 5) is 32.6. The van der Waals surface area contributed by atoms with E-state index in [0.717, 1.165) is 5.56 Å². The highest BCUT2D eigenvalue weighted by molar-refractivity contribution is 6.05. The van der Waals surface area contributed by atoms with E-state index in [0.29, 0.717) is 28.6 Å². The van der Waals surface area contributed by atoms with Crippen molar-refractivity contribution in [2.24, 2.45) is 0 Å². The number of ketones is 2. The molecule has 0 amide bonds. The molecule has 0 fully saturated rings. The summed E-state index contributed by atoms with van der Waals surface area (Å²) >= 11 is 0. The highest BCUT2D eigenvalue weighted by Gasteiger charge is 2.40. The first-order chi connectivity index (χ1) is 12.5. The zero-order chi connectivity index (χ0) is 18.3. The van der Waals surface area contributed by atoms with Crippen molar-refractivity contribution in [1.82, 2.24) is 15.1 Å². The highest BCUT2D eigenvalue weighted by Crippen LogP contribution is 2.36. The molecule has 1 unspecified atom stereocenters. The van der Waals surface area contributed by atoms with Gasteiger partial charge >= 0.3 is 0 Å². The third-order valence-corrected chi connectivity index (χ3v) is 4.47.